The van der Waals surface area contributed by atoms with Gasteiger partial charge in [0.05, 0.1) is 6.26 Å². The van der Waals surface area contributed by atoms with Crippen LogP contribution in [0.25, 0.3) is 0 Å². The van der Waals surface area contributed by atoms with E-state index in [1.807, 2.05) is 13.2 Å². The van der Waals surface area contributed by atoms with Gasteiger partial charge in [-0.25, -0.2) is 0 Å². The molecule has 0 aliphatic heterocycles. The summed E-state index contributed by atoms with van der Waals surface area (Å²) in [6.07, 6.45) is 1.90. The largest absolute Gasteiger partial charge is 0.469 e. The van der Waals surface area contributed by atoms with Crippen LogP contribution in [0.4, 0.5) is 0 Å². The molecule has 1 aromatic rings. The molecule has 13 heavy (non-hydrogen) atoms. The van der Waals surface area contributed by atoms with Crippen LogP contribution in [0.15, 0.2) is 10.7 Å². The van der Waals surface area contributed by atoms with Gasteiger partial charge in [0, 0.05) is 5.56 Å². The van der Waals surface area contributed by atoms with Crippen LogP contribution in [0.2, 0.25) is 0 Å². The second-order valence-corrected chi connectivity index (χ2v) is 5.03. The van der Waals surface area contributed by atoms with Gasteiger partial charge in [0.25, 0.3) is 0 Å². The molecule has 1 heterocycles. The molecule has 0 saturated carbocycles. The highest BCUT2D eigenvalue weighted by molar-refractivity contribution is 5.35. The van der Waals surface area contributed by atoms with Gasteiger partial charge in [-0.3, -0.25) is 0 Å². The van der Waals surface area contributed by atoms with E-state index in [9.17, 15) is 0 Å². The Hall–Kier alpha value is -0.720. The van der Waals surface area contributed by atoms with Crippen molar-refractivity contribution in [1.29, 1.82) is 0 Å². The summed E-state index contributed by atoms with van der Waals surface area (Å²) >= 11 is 0. The molecule has 0 spiro atoms. The fourth-order valence-corrected chi connectivity index (χ4v) is 1.86. The zero-order valence-electron chi connectivity index (χ0n) is 9.56. The normalized spacial score (nSPS) is 12.5. The molecule has 0 aliphatic rings. The molecular weight excluding hydrogens is 160 g/mol. The lowest BCUT2D eigenvalue weighted by Crippen LogP contribution is -2.14. The van der Waals surface area contributed by atoms with Gasteiger partial charge in [-0.1, -0.05) is 34.6 Å². The minimum Gasteiger partial charge on any atom is -0.469 e. The smallest absolute Gasteiger partial charge is 0.104 e. The molecule has 0 amide bonds. The predicted octanol–water partition coefficient (Wildman–Crippen LogP) is 4.01. The van der Waals surface area contributed by atoms with E-state index in [1.54, 1.807) is 0 Å². The van der Waals surface area contributed by atoms with Crippen molar-refractivity contribution >= 4 is 0 Å². The average molecular weight is 180 g/mol. The second kappa shape index (κ2) is 3.21. The summed E-state index contributed by atoms with van der Waals surface area (Å²) in [5.41, 5.74) is 2.92. The first-order valence-electron chi connectivity index (χ1n) is 4.92. The van der Waals surface area contributed by atoms with Gasteiger partial charge in [-0.05, 0) is 23.8 Å². The van der Waals surface area contributed by atoms with E-state index in [2.05, 4.69) is 34.6 Å². The van der Waals surface area contributed by atoms with Crippen molar-refractivity contribution in [3.8, 4) is 0 Å². The van der Waals surface area contributed by atoms with Gasteiger partial charge in [-0.2, -0.15) is 0 Å². The van der Waals surface area contributed by atoms with E-state index < -0.39 is 0 Å². The summed E-state index contributed by atoms with van der Waals surface area (Å²) < 4.78 is 5.48. The van der Waals surface area contributed by atoms with E-state index in [-0.39, 0.29) is 5.41 Å². The Labute approximate surface area is 81.1 Å². The lowest BCUT2D eigenvalue weighted by atomic mass is 9.82. The summed E-state index contributed by atoms with van der Waals surface area (Å²) in [5, 5.41) is 0. The fraction of sp³-hybridized carbons (Fsp3) is 0.667. The molecule has 0 radical (unpaired) electrons. The molecule has 0 unspecified atom stereocenters. The van der Waals surface area contributed by atoms with Crippen LogP contribution in [-0.4, -0.2) is 0 Å². The summed E-state index contributed by atoms with van der Waals surface area (Å²) in [7, 11) is 0. The minimum absolute atomic E-state index is 0.191. The van der Waals surface area contributed by atoms with Crippen LogP contribution >= 0.6 is 0 Å². The van der Waals surface area contributed by atoms with E-state index in [4.69, 9.17) is 4.42 Å². The minimum atomic E-state index is 0.191. The van der Waals surface area contributed by atoms with Crippen molar-refractivity contribution in [1.82, 2.24) is 0 Å². The van der Waals surface area contributed by atoms with Crippen LogP contribution < -0.4 is 0 Å². The van der Waals surface area contributed by atoms with Crippen molar-refractivity contribution in [3.63, 3.8) is 0 Å². The first kappa shape index (κ1) is 10.4. The second-order valence-electron chi connectivity index (χ2n) is 5.03. The third kappa shape index (κ3) is 1.96. The maximum Gasteiger partial charge on any atom is 0.104 e. The van der Waals surface area contributed by atoms with Crippen LogP contribution in [0.3, 0.4) is 0 Å². The highest BCUT2D eigenvalue weighted by Crippen LogP contribution is 2.34. The molecule has 0 atom stereocenters. The van der Waals surface area contributed by atoms with Crippen LogP contribution in [-0.2, 0) is 5.41 Å². The lowest BCUT2D eigenvalue weighted by Gasteiger charge is -2.21. The molecule has 1 aromatic heterocycles. The fourth-order valence-electron chi connectivity index (χ4n) is 1.86. The highest BCUT2D eigenvalue weighted by Gasteiger charge is 2.24. The molecule has 0 bridgehead atoms. The Morgan fingerprint density at radius 2 is 1.77 bits per heavy atom. The third-order valence-electron chi connectivity index (χ3n) is 2.38. The number of aryl methyl sites for hydroxylation is 1. The Balaban J connectivity index is 3.25. The van der Waals surface area contributed by atoms with Gasteiger partial charge in [-0.15, -0.1) is 0 Å². The zero-order chi connectivity index (χ0) is 10.2. The van der Waals surface area contributed by atoms with Crippen molar-refractivity contribution in [2.45, 2.75) is 52.9 Å². The first-order valence-corrected chi connectivity index (χ1v) is 4.92. The Morgan fingerprint density at radius 3 is 2.08 bits per heavy atom. The predicted molar refractivity (Wildman–Crippen MR) is 56.2 cm³/mol. The number of furan rings is 1. The summed E-state index contributed by atoms with van der Waals surface area (Å²) in [5.74, 6) is 1.61. The van der Waals surface area contributed by atoms with Crippen molar-refractivity contribution < 1.29 is 4.42 Å². The first-order chi connectivity index (χ1) is 5.84. The van der Waals surface area contributed by atoms with Gasteiger partial charge in [0.15, 0.2) is 0 Å². The van der Waals surface area contributed by atoms with Crippen molar-refractivity contribution in [2.75, 3.05) is 0 Å². The topological polar surface area (TPSA) is 13.1 Å². The van der Waals surface area contributed by atoms with E-state index in [0.717, 1.165) is 5.76 Å². The molecule has 1 heteroatoms. The molecule has 0 fully saturated rings. The molecular formula is C12H20O. The Kier molecular flexibility index (Phi) is 2.56. The van der Waals surface area contributed by atoms with E-state index in [1.165, 1.54) is 11.1 Å². The lowest BCUT2D eigenvalue weighted by molar-refractivity contribution is 0.506. The zero-order valence-corrected chi connectivity index (χ0v) is 9.56. The quantitative estimate of drug-likeness (QED) is 0.636. The maximum atomic E-state index is 5.48. The highest BCUT2D eigenvalue weighted by atomic mass is 16.3. The molecule has 0 saturated heterocycles. The van der Waals surface area contributed by atoms with Gasteiger partial charge in [0.1, 0.15) is 5.76 Å². The van der Waals surface area contributed by atoms with Crippen LogP contribution in [0.5, 0.6) is 0 Å². The Bertz CT molecular complexity index is 287. The standard InChI is InChI=1S/C12H20O/c1-8(2)10-7-13-9(3)11(10)12(4,5)6/h7-8H,1-6H3. The molecule has 0 aliphatic carbocycles. The molecule has 1 nitrogen and oxygen atoms in total. The molecule has 0 aromatic carbocycles. The number of hydrogen-bond acceptors (Lipinski definition) is 1. The molecule has 0 N–H and O–H groups in total. The summed E-state index contributed by atoms with van der Waals surface area (Å²) in [6.45, 7) is 13.2. The Morgan fingerprint density at radius 1 is 1.23 bits per heavy atom. The molecule has 1 rings (SSSR count). The monoisotopic (exact) mass is 180 g/mol. The van der Waals surface area contributed by atoms with E-state index >= 15 is 0 Å². The average Bonchev–Trinajstić information content (AvgIpc) is 2.28. The third-order valence-corrected chi connectivity index (χ3v) is 2.38. The van der Waals surface area contributed by atoms with Crippen LogP contribution in [0, 0.1) is 6.92 Å². The summed E-state index contributed by atoms with van der Waals surface area (Å²) in [4.78, 5) is 0. The van der Waals surface area contributed by atoms with Crippen molar-refractivity contribution in [2.24, 2.45) is 0 Å². The number of hydrogen-bond donors (Lipinski definition) is 0. The van der Waals surface area contributed by atoms with E-state index in [0.29, 0.717) is 5.92 Å². The van der Waals surface area contributed by atoms with Crippen LogP contribution in [0.1, 0.15) is 57.4 Å². The van der Waals surface area contributed by atoms with Gasteiger partial charge < -0.3 is 4.42 Å². The number of rotatable bonds is 1. The SMILES string of the molecule is Cc1occ(C(C)C)c1C(C)(C)C. The summed E-state index contributed by atoms with van der Waals surface area (Å²) in [6, 6.07) is 0. The maximum absolute atomic E-state index is 5.48. The van der Waals surface area contributed by atoms with Gasteiger partial charge >= 0.3 is 0 Å². The van der Waals surface area contributed by atoms with Gasteiger partial charge in [0.2, 0.25) is 0 Å². The molecule has 74 valence electrons. The van der Waals surface area contributed by atoms with Crippen molar-refractivity contribution in [3.05, 3.63) is 23.2 Å².